The Labute approximate surface area is 247 Å². The fourth-order valence-electron chi connectivity index (χ4n) is 5.52. The molecular formula is C33H37ClN6O. The van der Waals surface area contributed by atoms with Crippen LogP contribution in [0.25, 0.3) is 5.57 Å². The maximum absolute atomic E-state index is 13.1. The highest BCUT2D eigenvalue weighted by Gasteiger charge is 2.34. The van der Waals surface area contributed by atoms with Gasteiger partial charge in [0.25, 0.3) is 0 Å². The highest BCUT2D eigenvalue weighted by atomic mass is 35.5. The Morgan fingerprint density at radius 3 is 2.54 bits per heavy atom. The van der Waals surface area contributed by atoms with Gasteiger partial charge in [0, 0.05) is 60.6 Å². The number of nitrogens with zero attached hydrogens (tertiary/aromatic N) is 5. The molecule has 2 heterocycles. The van der Waals surface area contributed by atoms with Gasteiger partial charge in [-0.2, -0.15) is 5.26 Å². The van der Waals surface area contributed by atoms with Crippen molar-refractivity contribution in [1.29, 1.82) is 5.26 Å². The third kappa shape index (κ3) is 7.14. The molecule has 1 atom stereocenters. The van der Waals surface area contributed by atoms with E-state index in [0.717, 1.165) is 46.6 Å². The zero-order valence-electron chi connectivity index (χ0n) is 24.2. The Morgan fingerprint density at radius 1 is 1.24 bits per heavy atom. The van der Waals surface area contributed by atoms with Crippen LogP contribution in [-0.2, 0) is 6.54 Å². The number of urea groups is 1. The van der Waals surface area contributed by atoms with Gasteiger partial charge in [0.05, 0.1) is 11.6 Å². The average Bonchev–Trinajstić information content (AvgIpc) is 3.37. The number of hydrogen-bond donors (Lipinski definition) is 1. The van der Waals surface area contributed by atoms with E-state index in [-0.39, 0.29) is 17.9 Å². The highest BCUT2D eigenvalue weighted by Crippen LogP contribution is 2.43. The number of aromatic nitrogens is 2. The van der Waals surface area contributed by atoms with E-state index < -0.39 is 0 Å². The quantitative estimate of drug-likeness (QED) is 0.281. The standard InChI is InChI=1S/C33H37ClN6O/c1-6-36-32(22(2)3)31(29-12-9-27(34)19-30(29)23(4)21-40-18-15-37-24(40)5)26-13-16-39(17-14-26)33(41)38-28-10-7-25(20-35)8-11-28/h6-12,15,18-19,26,31H,4,13-14,16-17,21H2,1-3,5H3,(H,38,41). The number of aryl methyl sites for hydroxylation is 1. The number of amides is 2. The average molecular weight is 569 g/mol. The van der Waals surface area contributed by atoms with Gasteiger partial charge in [-0.25, -0.2) is 9.78 Å². The number of benzene rings is 2. The Kier molecular flexibility index (Phi) is 9.80. The largest absolute Gasteiger partial charge is 0.331 e. The van der Waals surface area contributed by atoms with Crippen LogP contribution in [0.4, 0.5) is 10.5 Å². The van der Waals surface area contributed by atoms with Crippen LogP contribution in [0.15, 0.2) is 77.7 Å². The zero-order valence-corrected chi connectivity index (χ0v) is 24.9. The van der Waals surface area contributed by atoms with Gasteiger partial charge in [0.15, 0.2) is 0 Å². The first-order chi connectivity index (χ1) is 19.7. The molecule has 0 saturated carbocycles. The highest BCUT2D eigenvalue weighted by molar-refractivity contribution is 6.30. The fraction of sp³-hybridized carbons (Fsp3) is 0.333. The topological polar surface area (TPSA) is 86.3 Å². The second kappa shape index (κ2) is 13.5. The first kappa shape index (κ1) is 29.8. The number of nitriles is 1. The minimum absolute atomic E-state index is 0.0211. The normalized spacial score (nSPS) is 14.5. The summed E-state index contributed by atoms with van der Waals surface area (Å²) in [6, 6.07) is 15.0. The van der Waals surface area contributed by atoms with Crippen LogP contribution >= 0.6 is 11.6 Å². The van der Waals surface area contributed by atoms with E-state index in [1.165, 1.54) is 0 Å². The van der Waals surface area contributed by atoms with Crippen LogP contribution in [0.2, 0.25) is 5.02 Å². The number of piperidine rings is 1. The van der Waals surface area contributed by atoms with E-state index >= 15 is 0 Å². The molecule has 41 heavy (non-hydrogen) atoms. The van der Waals surface area contributed by atoms with Gasteiger partial charge in [-0.1, -0.05) is 29.8 Å². The molecule has 0 bridgehead atoms. The van der Waals surface area contributed by atoms with Crippen LogP contribution < -0.4 is 5.32 Å². The van der Waals surface area contributed by atoms with Crippen LogP contribution in [0.5, 0.6) is 0 Å². The molecule has 4 rings (SSSR count). The van der Waals surface area contributed by atoms with Crippen LogP contribution in [0.1, 0.15) is 62.0 Å². The summed E-state index contributed by atoms with van der Waals surface area (Å²) < 4.78 is 2.08. The first-order valence-corrected chi connectivity index (χ1v) is 14.3. The number of imidazole rings is 1. The van der Waals surface area contributed by atoms with E-state index in [1.54, 1.807) is 30.5 Å². The molecule has 1 fully saturated rings. The summed E-state index contributed by atoms with van der Waals surface area (Å²) in [4.78, 5) is 24.2. The lowest BCUT2D eigenvalue weighted by Crippen LogP contribution is -2.42. The summed E-state index contributed by atoms with van der Waals surface area (Å²) in [5.74, 6) is 1.22. The summed E-state index contributed by atoms with van der Waals surface area (Å²) in [6.07, 6.45) is 7.28. The van der Waals surface area contributed by atoms with E-state index in [0.29, 0.717) is 35.9 Å². The molecule has 1 aliphatic heterocycles. The third-order valence-electron chi connectivity index (χ3n) is 7.65. The third-order valence-corrected chi connectivity index (χ3v) is 7.89. The van der Waals surface area contributed by atoms with Crippen LogP contribution in [0.3, 0.4) is 0 Å². The second-order valence-electron chi connectivity index (χ2n) is 10.6. The Bertz CT molecular complexity index is 1500. The molecule has 1 unspecified atom stereocenters. The SMILES string of the molecule is C=C(Cn1ccnc1C)c1cc(Cl)ccc1C(C(N=CC)=C(C)C)C1CCN(C(=O)Nc2ccc(C#N)cc2)CC1. The van der Waals surface area contributed by atoms with Crippen molar-refractivity contribution >= 4 is 35.1 Å². The summed E-state index contributed by atoms with van der Waals surface area (Å²) in [5, 5.41) is 12.7. The molecule has 7 nitrogen and oxygen atoms in total. The molecule has 1 aromatic heterocycles. The molecule has 1 N–H and O–H groups in total. The summed E-state index contributed by atoms with van der Waals surface area (Å²) in [7, 11) is 0. The number of hydrogen-bond acceptors (Lipinski definition) is 4. The molecule has 3 aromatic rings. The first-order valence-electron chi connectivity index (χ1n) is 13.9. The van der Waals surface area contributed by atoms with E-state index in [9.17, 15) is 4.79 Å². The number of likely N-dealkylation sites (tertiary alicyclic amines) is 1. The molecule has 1 aliphatic rings. The smallest absolute Gasteiger partial charge is 0.321 e. The van der Waals surface area contributed by atoms with Gasteiger partial charge in [0.1, 0.15) is 5.82 Å². The maximum atomic E-state index is 13.1. The van der Waals surface area contributed by atoms with E-state index in [2.05, 4.69) is 47.4 Å². The molecule has 2 aromatic carbocycles. The minimum atomic E-state index is -0.130. The van der Waals surface area contributed by atoms with E-state index in [1.807, 2.05) is 43.3 Å². The number of aliphatic imine (C=N–C) groups is 1. The molecule has 8 heteroatoms. The number of carbonyl (C=O) groups excluding carboxylic acids is 1. The van der Waals surface area contributed by atoms with Gasteiger partial charge in [-0.05, 0) is 99.6 Å². The number of allylic oxidation sites excluding steroid dienone is 3. The summed E-state index contributed by atoms with van der Waals surface area (Å²) >= 11 is 6.54. The summed E-state index contributed by atoms with van der Waals surface area (Å²) in [5.41, 5.74) is 6.58. The molecular weight excluding hydrogens is 532 g/mol. The van der Waals surface area contributed by atoms with Gasteiger partial charge < -0.3 is 14.8 Å². The van der Waals surface area contributed by atoms with Gasteiger partial charge in [0.2, 0.25) is 0 Å². The van der Waals surface area contributed by atoms with Crippen molar-refractivity contribution < 1.29 is 4.79 Å². The Balaban J connectivity index is 1.60. The van der Waals surface area contributed by atoms with Crippen molar-refractivity contribution in [2.45, 2.75) is 53.0 Å². The molecule has 1 saturated heterocycles. The predicted octanol–water partition coefficient (Wildman–Crippen LogP) is 7.84. The van der Waals surface area contributed by atoms with Gasteiger partial charge in [-0.15, -0.1) is 0 Å². The van der Waals surface area contributed by atoms with E-state index in [4.69, 9.17) is 21.9 Å². The lowest BCUT2D eigenvalue weighted by Gasteiger charge is -2.37. The zero-order chi connectivity index (χ0) is 29.5. The lowest BCUT2D eigenvalue weighted by atomic mass is 9.75. The monoisotopic (exact) mass is 568 g/mol. The van der Waals surface area contributed by atoms with Crippen molar-refractivity contribution in [2.24, 2.45) is 10.9 Å². The van der Waals surface area contributed by atoms with Crippen LogP contribution in [0, 0.1) is 24.2 Å². The van der Waals surface area contributed by atoms with Crippen molar-refractivity contribution in [3.63, 3.8) is 0 Å². The van der Waals surface area contributed by atoms with Gasteiger partial charge >= 0.3 is 6.03 Å². The minimum Gasteiger partial charge on any atom is -0.331 e. The van der Waals surface area contributed by atoms with Crippen LogP contribution in [-0.4, -0.2) is 39.8 Å². The second-order valence-corrected chi connectivity index (χ2v) is 11.1. The Hall–Kier alpha value is -4.15. The molecule has 2 amide bonds. The number of nitrogens with one attached hydrogen (secondary N) is 1. The molecule has 0 radical (unpaired) electrons. The summed E-state index contributed by atoms with van der Waals surface area (Å²) in [6.45, 7) is 14.5. The van der Waals surface area contributed by atoms with Crippen molar-refractivity contribution in [1.82, 2.24) is 14.5 Å². The number of anilines is 1. The lowest BCUT2D eigenvalue weighted by molar-refractivity contribution is 0.177. The maximum Gasteiger partial charge on any atom is 0.321 e. The Morgan fingerprint density at radius 2 is 1.95 bits per heavy atom. The molecule has 212 valence electrons. The van der Waals surface area contributed by atoms with Gasteiger partial charge in [-0.3, -0.25) is 4.99 Å². The van der Waals surface area contributed by atoms with Crippen molar-refractivity contribution in [3.8, 4) is 6.07 Å². The molecule has 0 aliphatic carbocycles. The predicted molar refractivity (Wildman–Crippen MR) is 167 cm³/mol. The number of rotatable bonds is 8. The number of halogens is 1. The van der Waals surface area contributed by atoms with Crippen molar-refractivity contribution in [3.05, 3.63) is 100 Å². The number of carbonyl (C=O) groups is 1. The molecule has 0 spiro atoms. The van der Waals surface area contributed by atoms with Crippen molar-refractivity contribution in [2.75, 3.05) is 18.4 Å². The fourth-order valence-corrected chi connectivity index (χ4v) is 5.69.